The summed E-state index contributed by atoms with van der Waals surface area (Å²) in [6.07, 6.45) is 0. The van der Waals surface area contributed by atoms with E-state index >= 15 is 0 Å². The van der Waals surface area contributed by atoms with Crippen molar-refractivity contribution < 1.29 is 14.0 Å². The van der Waals surface area contributed by atoms with E-state index in [0.717, 1.165) is 10.9 Å². The van der Waals surface area contributed by atoms with Crippen molar-refractivity contribution >= 4 is 22.8 Å². The molecule has 2 rings (SSSR count). The molecule has 0 fully saturated rings. The maximum absolute atomic E-state index is 12.6. The van der Waals surface area contributed by atoms with Gasteiger partial charge in [0.15, 0.2) is 5.76 Å². The van der Waals surface area contributed by atoms with Crippen LogP contribution in [-0.2, 0) is 4.79 Å². The Kier molecular flexibility index (Phi) is 4.85. The highest BCUT2D eigenvalue weighted by Gasteiger charge is 2.23. The highest BCUT2D eigenvalue weighted by Crippen LogP contribution is 2.25. The molecule has 0 atom stereocenters. The van der Waals surface area contributed by atoms with Crippen LogP contribution in [0.3, 0.4) is 0 Å². The van der Waals surface area contributed by atoms with Gasteiger partial charge in [-0.25, -0.2) is 0 Å². The molecule has 0 aliphatic carbocycles. The fourth-order valence-corrected chi connectivity index (χ4v) is 2.39. The summed E-state index contributed by atoms with van der Waals surface area (Å²) in [6, 6.07) is 7.59. The van der Waals surface area contributed by atoms with Gasteiger partial charge < -0.3 is 14.6 Å². The molecular formula is C17H22N2O3. The number of carbonyl (C=O) groups is 2. The highest BCUT2D eigenvalue weighted by molar-refractivity contribution is 6.00. The summed E-state index contributed by atoms with van der Waals surface area (Å²) in [5, 5.41) is 3.72. The zero-order valence-corrected chi connectivity index (χ0v) is 13.5. The van der Waals surface area contributed by atoms with Crippen molar-refractivity contribution in [2.24, 2.45) is 0 Å². The van der Waals surface area contributed by atoms with Crippen LogP contribution in [0.15, 0.2) is 28.7 Å². The lowest BCUT2D eigenvalue weighted by Gasteiger charge is -2.20. The predicted octanol–water partition coefficient (Wildman–Crippen LogP) is 2.73. The summed E-state index contributed by atoms with van der Waals surface area (Å²) in [7, 11) is 0. The quantitative estimate of drug-likeness (QED) is 0.923. The number of hydrogen-bond donors (Lipinski definition) is 1. The molecule has 1 aromatic carbocycles. The van der Waals surface area contributed by atoms with Crippen molar-refractivity contribution in [2.45, 2.75) is 33.7 Å². The third-order valence-electron chi connectivity index (χ3n) is 3.49. The van der Waals surface area contributed by atoms with Crippen LogP contribution < -0.4 is 5.32 Å². The largest absolute Gasteiger partial charge is 0.451 e. The number of furan rings is 1. The van der Waals surface area contributed by atoms with E-state index in [1.807, 2.05) is 52.0 Å². The van der Waals surface area contributed by atoms with Gasteiger partial charge in [-0.1, -0.05) is 18.2 Å². The summed E-state index contributed by atoms with van der Waals surface area (Å²) < 4.78 is 5.68. The molecule has 0 saturated carbocycles. The van der Waals surface area contributed by atoms with Gasteiger partial charge in [-0.3, -0.25) is 9.59 Å². The normalized spacial score (nSPS) is 11.0. The Bertz CT molecular complexity index is 688. The number of rotatable bonds is 5. The maximum Gasteiger partial charge on any atom is 0.290 e. The minimum absolute atomic E-state index is 0.0317. The standard InChI is InChI=1S/C17H22N2O3/c1-5-19(10-15(20)18-11(2)3)17(21)16-12(4)13-8-6-7-9-14(13)22-16/h6-9,11H,5,10H2,1-4H3,(H,18,20). The second kappa shape index (κ2) is 6.64. The number of hydrogen-bond acceptors (Lipinski definition) is 3. The number of aryl methyl sites for hydroxylation is 1. The first-order valence-electron chi connectivity index (χ1n) is 7.50. The third-order valence-corrected chi connectivity index (χ3v) is 3.49. The van der Waals surface area contributed by atoms with Gasteiger partial charge in [0.2, 0.25) is 5.91 Å². The summed E-state index contributed by atoms with van der Waals surface area (Å²) in [6.45, 7) is 7.96. The molecule has 118 valence electrons. The molecule has 0 bridgehead atoms. The van der Waals surface area contributed by atoms with Crippen molar-refractivity contribution in [1.82, 2.24) is 10.2 Å². The van der Waals surface area contributed by atoms with Gasteiger partial charge in [0.25, 0.3) is 5.91 Å². The van der Waals surface area contributed by atoms with Crippen LogP contribution in [0, 0.1) is 6.92 Å². The van der Waals surface area contributed by atoms with Crippen LogP contribution in [0.4, 0.5) is 0 Å². The van der Waals surface area contributed by atoms with Crippen LogP contribution in [0.25, 0.3) is 11.0 Å². The predicted molar refractivity (Wildman–Crippen MR) is 85.8 cm³/mol. The Morgan fingerprint density at radius 3 is 2.55 bits per heavy atom. The number of benzene rings is 1. The Hall–Kier alpha value is -2.30. The molecule has 2 amide bonds. The van der Waals surface area contributed by atoms with Gasteiger partial charge >= 0.3 is 0 Å². The lowest BCUT2D eigenvalue weighted by atomic mass is 10.1. The molecule has 0 saturated heterocycles. The number of fused-ring (bicyclic) bond motifs is 1. The first kappa shape index (κ1) is 16.1. The molecule has 1 aromatic heterocycles. The fraction of sp³-hybridized carbons (Fsp3) is 0.412. The van der Waals surface area contributed by atoms with E-state index in [1.54, 1.807) is 0 Å². The zero-order valence-electron chi connectivity index (χ0n) is 13.5. The number of likely N-dealkylation sites (N-methyl/N-ethyl adjacent to an activating group) is 1. The minimum atomic E-state index is -0.255. The molecule has 5 heteroatoms. The Morgan fingerprint density at radius 2 is 1.95 bits per heavy atom. The lowest BCUT2D eigenvalue weighted by molar-refractivity contribution is -0.122. The van der Waals surface area contributed by atoms with Crippen molar-refractivity contribution in [1.29, 1.82) is 0 Å². The minimum Gasteiger partial charge on any atom is -0.451 e. The first-order valence-corrected chi connectivity index (χ1v) is 7.50. The van der Waals surface area contributed by atoms with Crippen molar-refractivity contribution in [3.63, 3.8) is 0 Å². The zero-order chi connectivity index (χ0) is 16.3. The second-order valence-electron chi connectivity index (χ2n) is 5.59. The maximum atomic E-state index is 12.6. The molecule has 0 spiro atoms. The topological polar surface area (TPSA) is 62.6 Å². The van der Waals surface area contributed by atoms with E-state index < -0.39 is 0 Å². The number of nitrogens with one attached hydrogen (secondary N) is 1. The van der Waals surface area contributed by atoms with E-state index in [-0.39, 0.29) is 24.4 Å². The summed E-state index contributed by atoms with van der Waals surface area (Å²) in [5.41, 5.74) is 1.49. The van der Waals surface area contributed by atoms with Gasteiger partial charge in [0, 0.05) is 23.5 Å². The van der Waals surface area contributed by atoms with Gasteiger partial charge in [-0.05, 0) is 33.8 Å². The van der Waals surface area contributed by atoms with E-state index in [9.17, 15) is 9.59 Å². The van der Waals surface area contributed by atoms with Crippen molar-refractivity contribution in [3.05, 3.63) is 35.6 Å². The van der Waals surface area contributed by atoms with E-state index in [0.29, 0.717) is 17.9 Å². The Balaban J connectivity index is 2.23. The molecule has 5 nitrogen and oxygen atoms in total. The van der Waals surface area contributed by atoms with Crippen LogP contribution >= 0.6 is 0 Å². The number of carbonyl (C=O) groups excluding carboxylic acids is 2. The van der Waals surface area contributed by atoms with Crippen LogP contribution in [0.5, 0.6) is 0 Å². The molecule has 2 aromatic rings. The average molecular weight is 302 g/mol. The summed E-state index contributed by atoms with van der Waals surface area (Å²) in [5.74, 6) is -0.116. The van der Waals surface area contributed by atoms with Gasteiger partial charge in [0.1, 0.15) is 5.58 Å². The number of amides is 2. The van der Waals surface area contributed by atoms with Crippen LogP contribution in [0.1, 0.15) is 36.9 Å². The third kappa shape index (κ3) is 3.30. The monoisotopic (exact) mass is 302 g/mol. The van der Waals surface area contributed by atoms with Gasteiger partial charge in [-0.15, -0.1) is 0 Å². The average Bonchev–Trinajstić information content (AvgIpc) is 2.81. The second-order valence-corrected chi connectivity index (χ2v) is 5.59. The molecule has 0 radical (unpaired) electrons. The van der Waals surface area contributed by atoms with Crippen LogP contribution in [-0.4, -0.2) is 35.8 Å². The van der Waals surface area contributed by atoms with E-state index in [4.69, 9.17) is 4.42 Å². The molecule has 1 heterocycles. The van der Waals surface area contributed by atoms with E-state index in [1.165, 1.54) is 4.90 Å². The molecule has 1 N–H and O–H groups in total. The fourth-order valence-electron chi connectivity index (χ4n) is 2.39. The first-order chi connectivity index (χ1) is 10.4. The summed E-state index contributed by atoms with van der Waals surface area (Å²) >= 11 is 0. The molecule has 0 aliphatic rings. The molecule has 0 aliphatic heterocycles. The number of para-hydroxylation sites is 1. The van der Waals surface area contributed by atoms with E-state index in [2.05, 4.69) is 5.32 Å². The lowest BCUT2D eigenvalue weighted by Crippen LogP contribution is -2.42. The highest BCUT2D eigenvalue weighted by atomic mass is 16.3. The van der Waals surface area contributed by atoms with Crippen molar-refractivity contribution in [3.8, 4) is 0 Å². The Labute approximate surface area is 130 Å². The molecular weight excluding hydrogens is 280 g/mol. The SMILES string of the molecule is CCN(CC(=O)NC(C)C)C(=O)c1oc2ccccc2c1C. The summed E-state index contributed by atoms with van der Waals surface area (Å²) in [4.78, 5) is 26.0. The van der Waals surface area contributed by atoms with Gasteiger partial charge in [0.05, 0.1) is 6.54 Å². The molecule has 0 unspecified atom stereocenters. The smallest absolute Gasteiger partial charge is 0.290 e. The van der Waals surface area contributed by atoms with Crippen molar-refractivity contribution in [2.75, 3.05) is 13.1 Å². The number of nitrogens with zero attached hydrogens (tertiary/aromatic N) is 1. The molecule has 22 heavy (non-hydrogen) atoms. The Morgan fingerprint density at radius 1 is 1.27 bits per heavy atom. The van der Waals surface area contributed by atoms with Gasteiger partial charge in [-0.2, -0.15) is 0 Å². The van der Waals surface area contributed by atoms with Crippen LogP contribution in [0.2, 0.25) is 0 Å².